The van der Waals surface area contributed by atoms with Crippen LogP contribution in [0.15, 0.2) is 36.5 Å². The molecule has 1 aromatic heterocycles. The minimum Gasteiger partial charge on any atom is -0.341 e. The van der Waals surface area contributed by atoms with Crippen molar-refractivity contribution in [1.29, 1.82) is 0 Å². The Morgan fingerprint density at radius 3 is 2.68 bits per heavy atom. The first-order chi connectivity index (χ1) is 12.0. The number of nitrogens with one attached hydrogen (secondary N) is 3. The summed E-state index contributed by atoms with van der Waals surface area (Å²) in [5.41, 5.74) is 2.79. The highest BCUT2D eigenvalue weighted by Crippen LogP contribution is 2.21. The summed E-state index contributed by atoms with van der Waals surface area (Å²) in [6, 6.07) is 8.61. The number of aromatic amines is 1. The van der Waals surface area contributed by atoms with Gasteiger partial charge in [0, 0.05) is 25.6 Å². The van der Waals surface area contributed by atoms with Crippen LogP contribution in [0.25, 0.3) is 11.3 Å². The molecule has 1 fully saturated rings. The molecule has 0 aliphatic carbocycles. The summed E-state index contributed by atoms with van der Waals surface area (Å²) in [6.07, 6.45) is 2.15. The number of H-pyrrole nitrogens is 1. The van der Waals surface area contributed by atoms with Gasteiger partial charge in [0.1, 0.15) is 6.04 Å². The summed E-state index contributed by atoms with van der Waals surface area (Å²) in [5, 5.41) is 11.7. The Labute approximate surface area is 144 Å². The zero-order valence-electron chi connectivity index (χ0n) is 13.8. The van der Waals surface area contributed by atoms with Gasteiger partial charge in [-0.15, -0.1) is 0 Å². The fourth-order valence-electron chi connectivity index (χ4n) is 2.75. The zero-order chi connectivity index (χ0) is 17.8. The van der Waals surface area contributed by atoms with Crippen molar-refractivity contribution in [2.24, 2.45) is 0 Å². The number of imide groups is 1. The summed E-state index contributed by atoms with van der Waals surface area (Å²) in [6.45, 7) is 0.406. The number of amides is 4. The average molecular weight is 341 g/mol. The van der Waals surface area contributed by atoms with E-state index < -0.39 is 12.1 Å². The summed E-state index contributed by atoms with van der Waals surface area (Å²) < 4.78 is 0. The van der Waals surface area contributed by atoms with Crippen molar-refractivity contribution < 1.29 is 14.4 Å². The van der Waals surface area contributed by atoms with Crippen LogP contribution in [-0.4, -0.2) is 46.0 Å². The minimum absolute atomic E-state index is 0.103. The zero-order valence-corrected chi connectivity index (χ0v) is 13.8. The van der Waals surface area contributed by atoms with Gasteiger partial charge in [-0.2, -0.15) is 5.10 Å². The van der Waals surface area contributed by atoms with E-state index >= 15 is 0 Å². The van der Waals surface area contributed by atoms with Crippen molar-refractivity contribution in [3.05, 3.63) is 42.1 Å². The molecule has 0 bridgehead atoms. The third kappa shape index (κ3) is 3.85. The Morgan fingerprint density at radius 2 is 2.00 bits per heavy atom. The van der Waals surface area contributed by atoms with Gasteiger partial charge >= 0.3 is 6.03 Å². The van der Waals surface area contributed by atoms with Crippen molar-refractivity contribution in [2.45, 2.75) is 25.4 Å². The molecule has 1 aromatic carbocycles. The summed E-state index contributed by atoms with van der Waals surface area (Å²) >= 11 is 0. The highest BCUT2D eigenvalue weighted by molar-refractivity contribution is 6.04. The lowest BCUT2D eigenvalue weighted by molar-refractivity contribution is -0.130. The van der Waals surface area contributed by atoms with Gasteiger partial charge in [0.05, 0.1) is 11.9 Å². The lowest BCUT2D eigenvalue weighted by Crippen LogP contribution is -2.32. The molecule has 2 aromatic rings. The number of nitrogens with zero attached hydrogens (tertiary/aromatic N) is 2. The van der Waals surface area contributed by atoms with E-state index in [-0.39, 0.29) is 24.7 Å². The van der Waals surface area contributed by atoms with E-state index in [9.17, 15) is 14.4 Å². The van der Waals surface area contributed by atoms with E-state index in [1.54, 1.807) is 18.1 Å². The van der Waals surface area contributed by atoms with Crippen molar-refractivity contribution in [3.63, 3.8) is 0 Å². The normalized spacial score (nSPS) is 16.4. The van der Waals surface area contributed by atoms with E-state index in [1.165, 1.54) is 0 Å². The Kier molecular flexibility index (Phi) is 4.78. The quantitative estimate of drug-likeness (QED) is 0.682. The summed E-state index contributed by atoms with van der Waals surface area (Å²) in [7, 11) is 1.71. The molecular formula is C17H19N5O3. The van der Waals surface area contributed by atoms with E-state index in [1.807, 2.05) is 30.3 Å². The maximum absolute atomic E-state index is 12.3. The molecule has 2 heterocycles. The molecule has 3 N–H and O–H groups in total. The van der Waals surface area contributed by atoms with Crippen LogP contribution in [0.2, 0.25) is 0 Å². The topological polar surface area (TPSA) is 107 Å². The molecule has 0 unspecified atom stereocenters. The molecule has 0 saturated carbocycles. The molecule has 0 spiro atoms. The Morgan fingerprint density at radius 1 is 1.24 bits per heavy atom. The first kappa shape index (κ1) is 16.7. The number of hydrogen-bond donors (Lipinski definition) is 3. The molecule has 1 aliphatic heterocycles. The molecule has 8 nitrogen and oxygen atoms in total. The standard InChI is InChI=1S/C17H19N5O3/c1-22(14(23)8-7-13-16(24)20-17(25)19-13)10-12-9-18-21-15(12)11-5-3-2-4-6-11/h2-6,9,13H,7-8,10H2,1H3,(H,18,21)(H2,19,20,24,25)/t13-/m0/s1. The first-order valence-electron chi connectivity index (χ1n) is 7.97. The van der Waals surface area contributed by atoms with Crippen LogP contribution in [-0.2, 0) is 16.1 Å². The van der Waals surface area contributed by atoms with E-state index in [2.05, 4.69) is 20.8 Å². The number of rotatable bonds is 6. The van der Waals surface area contributed by atoms with Crippen LogP contribution < -0.4 is 10.6 Å². The fourth-order valence-corrected chi connectivity index (χ4v) is 2.75. The van der Waals surface area contributed by atoms with Crippen LogP contribution in [0.5, 0.6) is 0 Å². The Balaban J connectivity index is 1.58. The maximum atomic E-state index is 12.3. The molecule has 8 heteroatoms. The predicted molar refractivity (Wildman–Crippen MR) is 90.2 cm³/mol. The smallest absolute Gasteiger partial charge is 0.322 e. The van der Waals surface area contributed by atoms with Gasteiger partial charge in [0.25, 0.3) is 5.91 Å². The number of urea groups is 1. The third-order valence-corrected chi connectivity index (χ3v) is 4.12. The van der Waals surface area contributed by atoms with Crippen LogP contribution >= 0.6 is 0 Å². The second kappa shape index (κ2) is 7.16. The highest BCUT2D eigenvalue weighted by Gasteiger charge is 2.29. The fraction of sp³-hybridized carbons (Fsp3) is 0.294. The predicted octanol–water partition coefficient (Wildman–Crippen LogP) is 1.02. The molecule has 130 valence electrons. The van der Waals surface area contributed by atoms with Gasteiger partial charge in [-0.25, -0.2) is 4.79 Å². The van der Waals surface area contributed by atoms with Gasteiger partial charge in [-0.05, 0) is 12.0 Å². The third-order valence-electron chi connectivity index (χ3n) is 4.12. The maximum Gasteiger partial charge on any atom is 0.322 e. The van der Waals surface area contributed by atoms with Crippen LogP contribution in [0.1, 0.15) is 18.4 Å². The van der Waals surface area contributed by atoms with Crippen LogP contribution in [0, 0.1) is 0 Å². The molecule has 1 saturated heterocycles. The van der Waals surface area contributed by atoms with Gasteiger partial charge in [0.2, 0.25) is 5.91 Å². The second-order valence-electron chi connectivity index (χ2n) is 5.94. The van der Waals surface area contributed by atoms with Crippen molar-refractivity contribution >= 4 is 17.8 Å². The first-order valence-corrected chi connectivity index (χ1v) is 7.97. The molecule has 1 atom stereocenters. The Hall–Kier alpha value is -3.16. The van der Waals surface area contributed by atoms with Gasteiger partial charge in [-0.3, -0.25) is 20.0 Å². The van der Waals surface area contributed by atoms with Crippen molar-refractivity contribution in [2.75, 3.05) is 7.05 Å². The number of hydrogen-bond acceptors (Lipinski definition) is 4. The average Bonchev–Trinajstić information content (AvgIpc) is 3.19. The van der Waals surface area contributed by atoms with E-state index in [4.69, 9.17) is 0 Å². The van der Waals surface area contributed by atoms with Gasteiger partial charge in [0.15, 0.2) is 0 Å². The molecule has 0 radical (unpaired) electrons. The van der Waals surface area contributed by atoms with Gasteiger partial charge in [-0.1, -0.05) is 30.3 Å². The van der Waals surface area contributed by atoms with Crippen molar-refractivity contribution in [3.8, 4) is 11.3 Å². The number of benzene rings is 1. The monoisotopic (exact) mass is 341 g/mol. The van der Waals surface area contributed by atoms with Crippen molar-refractivity contribution in [1.82, 2.24) is 25.7 Å². The van der Waals surface area contributed by atoms with Crippen LogP contribution in [0.4, 0.5) is 4.79 Å². The molecular weight excluding hydrogens is 322 g/mol. The minimum atomic E-state index is -0.640. The second-order valence-corrected chi connectivity index (χ2v) is 5.94. The number of aromatic nitrogens is 2. The highest BCUT2D eigenvalue weighted by atomic mass is 16.2. The largest absolute Gasteiger partial charge is 0.341 e. The molecule has 25 heavy (non-hydrogen) atoms. The van der Waals surface area contributed by atoms with E-state index in [0.29, 0.717) is 6.54 Å². The summed E-state index contributed by atoms with van der Waals surface area (Å²) in [4.78, 5) is 36.5. The Bertz CT molecular complexity index is 787. The number of carbonyl (C=O) groups excluding carboxylic acids is 3. The number of carbonyl (C=O) groups is 3. The molecule has 1 aliphatic rings. The lowest BCUT2D eigenvalue weighted by Gasteiger charge is -2.18. The van der Waals surface area contributed by atoms with E-state index in [0.717, 1.165) is 16.8 Å². The lowest BCUT2D eigenvalue weighted by atomic mass is 10.1. The molecule has 4 amide bonds. The van der Waals surface area contributed by atoms with Crippen LogP contribution in [0.3, 0.4) is 0 Å². The molecule has 3 rings (SSSR count). The van der Waals surface area contributed by atoms with Gasteiger partial charge < -0.3 is 10.2 Å². The summed E-state index contributed by atoms with van der Waals surface area (Å²) in [5.74, 6) is -0.490. The SMILES string of the molecule is CN(Cc1cn[nH]c1-c1ccccc1)C(=O)CC[C@@H]1NC(=O)NC1=O.